The summed E-state index contributed by atoms with van der Waals surface area (Å²) < 4.78 is 2.33. The summed E-state index contributed by atoms with van der Waals surface area (Å²) in [6, 6.07) is 1.49. The van der Waals surface area contributed by atoms with Crippen LogP contribution in [0.25, 0.3) is 11.0 Å². The average Bonchev–Trinajstić information content (AvgIpc) is 2.86. The van der Waals surface area contributed by atoms with Crippen LogP contribution in [-0.2, 0) is 0 Å². The summed E-state index contributed by atoms with van der Waals surface area (Å²) in [5.41, 5.74) is 8.21. The predicted molar refractivity (Wildman–Crippen MR) is 101 cm³/mol. The van der Waals surface area contributed by atoms with Gasteiger partial charge in [-0.05, 0) is 31.2 Å². The number of aromatic nitrogens is 3. The molecule has 3 aliphatic rings. The minimum absolute atomic E-state index is 0.586. The minimum atomic E-state index is 0.586. The quantitative estimate of drug-likeness (QED) is 0.926. The topological polar surface area (TPSA) is 60.0 Å². The fourth-order valence-corrected chi connectivity index (χ4v) is 5.57. The van der Waals surface area contributed by atoms with E-state index < -0.39 is 0 Å². The lowest BCUT2D eigenvalue weighted by Gasteiger charge is -2.57. The fraction of sp³-hybridized carbons (Fsp3) is 0.667. The maximum Gasteiger partial charge on any atom is 0.145 e. The number of hydrogen-bond donors (Lipinski definition) is 1. The summed E-state index contributed by atoms with van der Waals surface area (Å²) in [6.07, 6.45) is 6.33. The first-order valence-corrected chi connectivity index (χ1v) is 10.2. The summed E-state index contributed by atoms with van der Waals surface area (Å²) in [5, 5.41) is 2.00. The molecule has 0 amide bonds. The largest absolute Gasteiger partial charge is 0.383 e. The highest BCUT2D eigenvalue weighted by molar-refractivity contribution is 8.01. The molecule has 1 saturated carbocycles. The van der Waals surface area contributed by atoms with Crippen molar-refractivity contribution in [2.45, 2.75) is 50.9 Å². The van der Waals surface area contributed by atoms with Crippen molar-refractivity contribution >= 4 is 28.6 Å². The molecule has 5 rings (SSSR count). The SMILES string of the molecule is CC.Cc1cn(C2CC(CN3CC4SCC43)C2)c2ncnc(N)c12. The van der Waals surface area contributed by atoms with E-state index in [1.165, 1.54) is 37.2 Å². The molecule has 0 aromatic carbocycles. The molecule has 6 heteroatoms. The summed E-state index contributed by atoms with van der Waals surface area (Å²) in [4.78, 5) is 11.3. The molecule has 2 N–H and O–H groups in total. The van der Waals surface area contributed by atoms with Gasteiger partial charge < -0.3 is 10.3 Å². The van der Waals surface area contributed by atoms with E-state index in [0.717, 1.165) is 28.2 Å². The first kappa shape index (κ1) is 16.2. The van der Waals surface area contributed by atoms with Crippen LogP contribution in [0.3, 0.4) is 0 Å². The number of anilines is 1. The van der Waals surface area contributed by atoms with Crippen molar-refractivity contribution in [1.29, 1.82) is 0 Å². The zero-order valence-electron chi connectivity index (χ0n) is 14.8. The number of hydrogen-bond acceptors (Lipinski definition) is 5. The maximum absolute atomic E-state index is 6.01. The molecule has 1 aliphatic carbocycles. The second kappa shape index (κ2) is 6.23. The highest BCUT2D eigenvalue weighted by atomic mass is 32.2. The van der Waals surface area contributed by atoms with Crippen LogP contribution in [-0.4, -0.2) is 49.6 Å². The molecule has 24 heavy (non-hydrogen) atoms. The minimum Gasteiger partial charge on any atom is -0.383 e. The van der Waals surface area contributed by atoms with E-state index in [1.54, 1.807) is 6.33 Å². The molecule has 2 aromatic heterocycles. The second-order valence-corrected chi connectivity index (χ2v) is 8.33. The molecule has 4 heterocycles. The summed E-state index contributed by atoms with van der Waals surface area (Å²) >= 11 is 2.14. The van der Waals surface area contributed by atoms with Crippen LogP contribution >= 0.6 is 11.8 Å². The van der Waals surface area contributed by atoms with Crippen molar-refractivity contribution < 1.29 is 0 Å². The molecular formula is C18H27N5S. The Morgan fingerprint density at radius 2 is 2.08 bits per heavy atom. The van der Waals surface area contributed by atoms with Gasteiger partial charge in [0.1, 0.15) is 17.8 Å². The third-order valence-corrected chi connectivity index (χ3v) is 7.14. The van der Waals surface area contributed by atoms with Gasteiger partial charge in [-0.3, -0.25) is 4.90 Å². The van der Waals surface area contributed by atoms with Gasteiger partial charge in [0.2, 0.25) is 0 Å². The summed E-state index contributed by atoms with van der Waals surface area (Å²) in [7, 11) is 0. The zero-order chi connectivity index (χ0) is 16.8. The number of fused-ring (bicyclic) bond motifs is 2. The smallest absolute Gasteiger partial charge is 0.145 e. The van der Waals surface area contributed by atoms with Crippen molar-refractivity contribution in [3.05, 3.63) is 18.1 Å². The van der Waals surface area contributed by atoms with Crippen molar-refractivity contribution in [3.8, 4) is 0 Å². The summed E-state index contributed by atoms with van der Waals surface area (Å²) in [6.45, 7) is 8.72. The Balaban J connectivity index is 0.000000704. The van der Waals surface area contributed by atoms with Gasteiger partial charge in [0.25, 0.3) is 0 Å². The van der Waals surface area contributed by atoms with E-state index >= 15 is 0 Å². The Kier molecular flexibility index (Phi) is 4.21. The first-order chi connectivity index (χ1) is 11.7. The molecule has 0 spiro atoms. The fourth-order valence-electron chi connectivity index (χ4n) is 4.26. The van der Waals surface area contributed by atoms with E-state index in [1.807, 2.05) is 13.8 Å². The number of nitrogens with zero attached hydrogens (tertiary/aromatic N) is 4. The number of thioether (sulfide) groups is 1. The third kappa shape index (κ3) is 2.42. The Hall–Kier alpha value is -1.27. The Morgan fingerprint density at radius 3 is 2.71 bits per heavy atom. The normalized spacial score (nSPS) is 31.3. The molecule has 2 saturated heterocycles. The average molecular weight is 346 g/mol. The van der Waals surface area contributed by atoms with Gasteiger partial charge in [0.15, 0.2) is 0 Å². The maximum atomic E-state index is 6.01. The number of nitrogen functional groups attached to an aromatic ring is 1. The molecule has 2 aromatic rings. The number of likely N-dealkylation sites (tertiary alicyclic amines) is 1. The van der Waals surface area contributed by atoms with E-state index in [0.29, 0.717) is 11.9 Å². The van der Waals surface area contributed by atoms with Gasteiger partial charge in [-0.1, -0.05) is 13.8 Å². The van der Waals surface area contributed by atoms with Gasteiger partial charge in [-0.2, -0.15) is 11.8 Å². The lowest BCUT2D eigenvalue weighted by Crippen LogP contribution is -2.66. The monoisotopic (exact) mass is 345 g/mol. The van der Waals surface area contributed by atoms with Crippen molar-refractivity contribution in [3.63, 3.8) is 0 Å². The van der Waals surface area contributed by atoms with Crippen LogP contribution in [0.1, 0.15) is 38.3 Å². The Morgan fingerprint density at radius 1 is 1.29 bits per heavy atom. The van der Waals surface area contributed by atoms with Crippen LogP contribution in [0, 0.1) is 12.8 Å². The molecule has 2 atom stereocenters. The van der Waals surface area contributed by atoms with Crippen LogP contribution in [0.2, 0.25) is 0 Å². The number of nitrogens with two attached hydrogens (primary N) is 1. The van der Waals surface area contributed by atoms with Crippen molar-refractivity contribution in [2.24, 2.45) is 5.92 Å². The lowest BCUT2D eigenvalue weighted by atomic mass is 9.78. The van der Waals surface area contributed by atoms with Crippen LogP contribution < -0.4 is 5.73 Å². The van der Waals surface area contributed by atoms with Crippen molar-refractivity contribution in [1.82, 2.24) is 19.4 Å². The number of aryl methyl sites for hydroxylation is 1. The predicted octanol–water partition coefficient (Wildman–Crippen LogP) is 3.10. The first-order valence-electron chi connectivity index (χ1n) is 9.14. The standard InChI is InChI=1S/C16H21N5S.C2H6/c1-9-4-21(16-14(9)15(17)18-8-19-16)11-2-10(3-11)5-20-6-13-12(20)7-22-13;1-2/h4,8,10-13H,2-3,5-7H2,1H3,(H2,17,18,19);1-2H3. The van der Waals surface area contributed by atoms with E-state index in [9.17, 15) is 0 Å². The Labute approximate surface area is 148 Å². The van der Waals surface area contributed by atoms with E-state index in [4.69, 9.17) is 5.73 Å². The highest BCUT2D eigenvalue weighted by Crippen LogP contribution is 2.45. The van der Waals surface area contributed by atoms with E-state index in [2.05, 4.69) is 44.3 Å². The van der Waals surface area contributed by atoms with Crippen LogP contribution in [0.4, 0.5) is 5.82 Å². The Bertz CT molecular complexity index is 736. The molecule has 130 valence electrons. The van der Waals surface area contributed by atoms with Gasteiger partial charge in [0, 0.05) is 42.4 Å². The molecule has 2 unspecified atom stereocenters. The second-order valence-electron chi connectivity index (χ2n) is 7.06. The molecule has 3 fully saturated rings. The molecule has 0 radical (unpaired) electrons. The molecule has 0 bridgehead atoms. The lowest BCUT2D eigenvalue weighted by molar-refractivity contribution is 0.0469. The number of rotatable bonds is 3. The zero-order valence-corrected chi connectivity index (χ0v) is 15.6. The van der Waals surface area contributed by atoms with Crippen molar-refractivity contribution in [2.75, 3.05) is 24.6 Å². The van der Waals surface area contributed by atoms with E-state index in [-0.39, 0.29) is 0 Å². The van der Waals surface area contributed by atoms with Gasteiger partial charge in [-0.25, -0.2) is 9.97 Å². The van der Waals surface area contributed by atoms with Crippen LogP contribution in [0.5, 0.6) is 0 Å². The highest BCUT2D eigenvalue weighted by Gasteiger charge is 2.47. The molecular weight excluding hydrogens is 318 g/mol. The van der Waals surface area contributed by atoms with Gasteiger partial charge >= 0.3 is 0 Å². The summed E-state index contributed by atoms with van der Waals surface area (Å²) in [5.74, 6) is 2.82. The van der Waals surface area contributed by atoms with Crippen LogP contribution in [0.15, 0.2) is 12.5 Å². The third-order valence-electron chi connectivity index (χ3n) is 5.72. The van der Waals surface area contributed by atoms with Gasteiger partial charge in [-0.15, -0.1) is 0 Å². The van der Waals surface area contributed by atoms with Gasteiger partial charge in [0.05, 0.1) is 5.39 Å². The molecule has 2 aliphatic heterocycles. The molecule has 5 nitrogen and oxygen atoms in total.